The van der Waals surface area contributed by atoms with E-state index in [2.05, 4.69) is 5.32 Å². The second-order valence-corrected chi connectivity index (χ2v) is 2.50. The molecule has 0 rings (SSSR count). The van der Waals surface area contributed by atoms with E-state index < -0.39 is 0 Å². The number of aliphatic hydroxyl groups excluding tert-OH is 1. The van der Waals surface area contributed by atoms with Gasteiger partial charge in [-0.15, -0.1) is 0 Å². The molecule has 0 aliphatic carbocycles. The first kappa shape index (κ1) is 10.4. The molecule has 0 unspecified atom stereocenters. The molecule has 0 aliphatic rings. The molecule has 0 heterocycles. The third kappa shape index (κ3) is 7.29. The molecule has 0 fully saturated rings. The van der Waals surface area contributed by atoms with E-state index in [1.807, 2.05) is 13.8 Å². The Labute approximate surface area is 66.5 Å². The Balaban J connectivity index is 3.23. The SMILES string of the molecule is CC(C)NC(=O)COCCO. The molecule has 2 N–H and O–H groups in total. The zero-order chi connectivity index (χ0) is 8.69. The van der Waals surface area contributed by atoms with Gasteiger partial charge in [0.15, 0.2) is 0 Å². The second kappa shape index (κ2) is 6.12. The van der Waals surface area contributed by atoms with E-state index in [4.69, 9.17) is 9.84 Å². The number of carbonyl (C=O) groups is 1. The molecule has 0 aromatic heterocycles. The largest absolute Gasteiger partial charge is 0.394 e. The van der Waals surface area contributed by atoms with Crippen molar-refractivity contribution in [3.8, 4) is 0 Å². The van der Waals surface area contributed by atoms with Crippen molar-refractivity contribution in [2.75, 3.05) is 19.8 Å². The number of hydrogen-bond donors (Lipinski definition) is 2. The molecular formula is C7H15NO3. The maximum Gasteiger partial charge on any atom is 0.246 e. The summed E-state index contributed by atoms with van der Waals surface area (Å²) < 4.78 is 4.78. The maximum atomic E-state index is 10.8. The lowest BCUT2D eigenvalue weighted by Crippen LogP contribution is -2.33. The van der Waals surface area contributed by atoms with E-state index in [9.17, 15) is 4.79 Å². The normalized spacial score (nSPS) is 10.2. The van der Waals surface area contributed by atoms with Gasteiger partial charge in [-0.1, -0.05) is 0 Å². The monoisotopic (exact) mass is 161 g/mol. The molecule has 1 amide bonds. The van der Waals surface area contributed by atoms with Crippen LogP contribution in [0.15, 0.2) is 0 Å². The fraction of sp³-hybridized carbons (Fsp3) is 0.857. The summed E-state index contributed by atoms with van der Waals surface area (Å²) in [4.78, 5) is 10.8. The van der Waals surface area contributed by atoms with Crippen molar-refractivity contribution in [2.45, 2.75) is 19.9 Å². The average molecular weight is 161 g/mol. The van der Waals surface area contributed by atoms with Crippen LogP contribution < -0.4 is 5.32 Å². The lowest BCUT2D eigenvalue weighted by molar-refractivity contribution is -0.126. The molecule has 0 aliphatic heterocycles. The fourth-order valence-electron chi connectivity index (χ4n) is 0.593. The molecule has 4 nitrogen and oxygen atoms in total. The highest BCUT2D eigenvalue weighted by atomic mass is 16.5. The van der Waals surface area contributed by atoms with Crippen molar-refractivity contribution in [2.24, 2.45) is 0 Å². The maximum absolute atomic E-state index is 10.8. The minimum absolute atomic E-state index is 0.0265. The van der Waals surface area contributed by atoms with Gasteiger partial charge in [-0.25, -0.2) is 0 Å². The highest BCUT2D eigenvalue weighted by Gasteiger charge is 2.01. The highest BCUT2D eigenvalue weighted by molar-refractivity contribution is 5.77. The topological polar surface area (TPSA) is 58.6 Å². The van der Waals surface area contributed by atoms with E-state index in [0.717, 1.165) is 0 Å². The van der Waals surface area contributed by atoms with Gasteiger partial charge < -0.3 is 15.2 Å². The van der Waals surface area contributed by atoms with Crippen molar-refractivity contribution in [3.63, 3.8) is 0 Å². The Morgan fingerprint density at radius 3 is 2.73 bits per heavy atom. The van der Waals surface area contributed by atoms with Crippen LogP contribution in [0.4, 0.5) is 0 Å². The predicted octanol–water partition coefficient (Wildman–Crippen LogP) is -0.480. The number of carbonyl (C=O) groups excluding carboxylic acids is 1. The second-order valence-electron chi connectivity index (χ2n) is 2.50. The van der Waals surface area contributed by atoms with Crippen LogP contribution in [0.3, 0.4) is 0 Å². The molecule has 0 aromatic rings. The lowest BCUT2D eigenvalue weighted by Gasteiger charge is -2.07. The van der Waals surface area contributed by atoms with Crippen molar-refractivity contribution < 1.29 is 14.6 Å². The average Bonchev–Trinajstić information content (AvgIpc) is 1.86. The number of nitrogens with one attached hydrogen (secondary N) is 1. The van der Waals surface area contributed by atoms with Crippen LogP contribution in [-0.2, 0) is 9.53 Å². The standard InChI is InChI=1S/C7H15NO3/c1-6(2)8-7(10)5-11-4-3-9/h6,9H,3-5H2,1-2H3,(H,8,10). The first-order valence-electron chi connectivity index (χ1n) is 3.64. The van der Waals surface area contributed by atoms with Gasteiger partial charge in [0.05, 0.1) is 13.2 Å². The van der Waals surface area contributed by atoms with E-state index in [-0.39, 0.29) is 31.8 Å². The number of aliphatic hydroxyl groups is 1. The van der Waals surface area contributed by atoms with E-state index >= 15 is 0 Å². The Hall–Kier alpha value is -0.610. The molecule has 11 heavy (non-hydrogen) atoms. The zero-order valence-corrected chi connectivity index (χ0v) is 6.96. The molecule has 0 saturated carbocycles. The van der Waals surface area contributed by atoms with Crippen LogP contribution in [0.5, 0.6) is 0 Å². The number of amides is 1. The van der Waals surface area contributed by atoms with Gasteiger partial charge in [-0.3, -0.25) is 4.79 Å². The van der Waals surface area contributed by atoms with Gasteiger partial charge >= 0.3 is 0 Å². The van der Waals surface area contributed by atoms with Gasteiger partial charge in [0.25, 0.3) is 0 Å². The van der Waals surface area contributed by atoms with Crippen molar-refractivity contribution in [1.29, 1.82) is 0 Å². The van der Waals surface area contributed by atoms with Crippen LogP contribution in [0.1, 0.15) is 13.8 Å². The van der Waals surface area contributed by atoms with Gasteiger partial charge in [0, 0.05) is 6.04 Å². The Bertz CT molecular complexity index is 114. The summed E-state index contributed by atoms with van der Waals surface area (Å²) >= 11 is 0. The van der Waals surface area contributed by atoms with Crippen LogP contribution in [0.25, 0.3) is 0 Å². The van der Waals surface area contributed by atoms with E-state index in [1.54, 1.807) is 0 Å². The molecule has 0 aromatic carbocycles. The Morgan fingerprint density at radius 2 is 2.27 bits per heavy atom. The molecule has 0 atom stereocenters. The predicted molar refractivity (Wildman–Crippen MR) is 41.2 cm³/mol. The summed E-state index contributed by atoms with van der Waals surface area (Å²) in [5, 5.41) is 11.0. The molecule has 0 radical (unpaired) electrons. The van der Waals surface area contributed by atoms with Gasteiger partial charge in [-0.2, -0.15) is 0 Å². The van der Waals surface area contributed by atoms with Gasteiger partial charge in [-0.05, 0) is 13.8 Å². The number of ether oxygens (including phenoxy) is 1. The van der Waals surface area contributed by atoms with Crippen molar-refractivity contribution in [3.05, 3.63) is 0 Å². The zero-order valence-electron chi connectivity index (χ0n) is 6.96. The van der Waals surface area contributed by atoms with Crippen molar-refractivity contribution >= 4 is 5.91 Å². The first-order valence-corrected chi connectivity index (χ1v) is 3.64. The number of hydrogen-bond acceptors (Lipinski definition) is 3. The summed E-state index contributed by atoms with van der Waals surface area (Å²) in [6.07, 6.45) is 0. The Kier molecular flexibility index (Phi) is 5.78. The quantitative estimate of drug-likeness (QED) is 0.535. The van der Waals surface area contributed by atoms with Crippen LogP contribution >= 0.6 is 0 Å². The minimum Gasteiger partial charge on any atom is -0.394 e. The summed E-state index contributed by atoms with van der Waals surface area (Å²) in [5.74, 6) is -0.145. The fourth-order valence-corrected chi connectivity index (χ4v) is 0.593. The van der Waals surface area contributed by atoms with Gasteiger partial charge in [0.1, 0.15) is 6.61 Å². The first-order chi connectivity index (χ1) is 5.16. The Morgan fingerprint density at radius 1 is 1.64 bits per heavy atom. The van der Waals surface area contributed by atoms with E-state index in [0.29, 0.717) is 0 Å². The molecule has 4 heteroatoms. The smallest absolute Gasteiger partial charge is 0.246 e. The third-order valence-corrected chi connectivity index (χ3v) is 0.918. The summed E-state index contributed by atoms with van der Waals surface area (Å²) in [7, 11) is 0. The van der Waals surface area contributed by atoms with Crippen molar-refractivity contribution in [1.82, 2.24) is 5.32 Å². The lowest BCUT2D eigenvalue weighted by atomic mass is 10.4. The van der Waals surface area contributed by atoms with E-state index in [1.165, 1.54) is 0 Å². The summed E-state index contributed by atoms with van der Waals surface area (Å²) in [6.45, 7) is 3.95. The molecule has 0 spiro atoms. The van der Waals surface area contributed by atoms with Crippen LogP contribution in [0.2, 0.25) is 0 Å². The number of rotatable bonds is 5. The van der Waals surface area contributed by atoms with Crippen LogP contribution in [0, 0.1) is 0 Å². The van der Waals surface area contributed by atoms with Gasteiger partial charge in [0.2, 0.25) is 5.91 Å². The van der Waals surface area contributed by atoms with Crippen LogP contribution in [-0.4, -0.2) is 36.9 Å². The third-order valence-electron chi connectivity index (χ3n) is 0.918. The minimum atomic E-state index is -0.145. The molecular weight excluding hydrogens is 146 g/mol. The molecule has 0 saturated heterocycles. The summed E-state index contributed by atoms with van der Waals surface area (Å²) in [6, 6.07) is 0.139. The molecule has 0 bridgehead atoms. The molecule has 66 valence electrons. The highest BCUT2D eigenvalue weighted by Crippen LogP contribution is 1.78. The summed E-state index contributed by atoms with van der Waals surface area (Å²) in [5.41, 5.74) is 0.